The highest BCUT2D eigenvalue weighted by Gasteiger charge is 2.28. The summed E-state index contributed by atoms with van der Waals surface area (Å²) in [5.74, 6) is 0.197. The van der Waals surface area contributed by atoms with Gasteiger partial charge in [0.25, 0.3) is 0 Å². The summed E-state index contributed by atoms with van der Waals surface area (Å²) < 4.78 is 39.0. The Kier molecular flexibility index (Phi) is 7.15. The van der Waals surface area contributed by atoms with Gasteiger partial charge in [-0.05, 0) is 42.3 Å². The van der Waals surface area contributed by atoms with Crippen LogP contribution in [0, 0.1) is 0 Å². The van der Waals surface area contributed by atoms with Crippen LogP contribution in [-0.2, 0) is 27.8 Å². The van der Waals surface area contributed by atoms with Crippen molar-refractivity contribution < 1.29 is 22.4 Å². The molecule has 0 saturated heterocycles. The smallest absolute Gasteiger partial charge is 0.245 e. The van der Waals surface area contributed by atoms with Crippen LogP contribution in [0.3, 0.4) is 0 Å². The first kappa shape index (κ1) is 21.9. The Morgan fingerprint density at radius 2 is 1.90 bits per heavy atom. The number of nitrogens with one attached hydrogen (secondary N) is 2. The molecule has 1 heterocycles. The van der Waals surface area contributed by atoms with Gasteiger partial charge in [-0.2, -0.15) is 4.72 Å². The molecule has 3 aromatic rings. The summed E-state index contributed by atoms with van der Waals surface area (Å²) in [5, 5.41) is 2.94. The predicted molar refractivity (Wildman–Crippen MR) is 113 cm³/mol. The Morgan fingerprint density at radius 3 is 2.57 bits per heavy atom. The van der Waals surface area contributed by atoms with Gasteiger partial charge >= 0.3 is 0 Å². The third kappa shape index (κ3) is 5.63. The molecule has 2 aromatic carbocycles. The lowest BCUT2D eigenvalue weighted by atomic mass is 10.1. The molecule has 7 nitrogen and oxygen atoms in total. The fourth-order valence-corrected chi connectivity index (χ4v) is 4.49. The SMILES string of the molecule is COc1ccc(Cl)cc1S(=O)(=O)N[C@@H](Cc1ccccc1)C(=O)NCc1ccco1. The first-order valence-corrected chi connectivity index (χ1v) is 10.9. The van der Waals surface area contributed by atoms with E-state index < -0.39 is 22.0 Å². The Bertz CT molecular complexity index is 1090. The summed E-state index contributed by atoms with van der Waals surface area (Å²) in [6.45, 7) is 0.138. The minimum absolute atomic E-state index is 0.126. The standard InChI is InChI=1S/C21H21ClN2O5S/c1-28-19-10-9-16(22)13-20(19)30(26,27)24-18(12-15-6-3-2-4-7-15)21(25)23-14-17-8-5-11-29-17/h2-11,13,18,24H,12,14H2,1H3,(H,23,25)/t18-/m0/s1. The van der Waals surface area contributed by atoms with E-state index in [1.54, 1.807) is 12.1 Å². The first-order chi connectivity index (χ1) is 14.4. The number of amides is 1. The zero-order valence-electron chi connectivity index (χ0n) is 16.2. The number of ether oxygens (including phenoxy) is 1. The Balaban J connectivity index is 1.85. The van der Waals surface area contributed by atoms with Crippen LogP contribution in [-0.4, -0.2) is 27.5 Å². The average molecular weight is 449 g/mol. The minimum atomic E-state index is -4.11. The molecule has 3 rings (SSSR count). The molecule has 0 saturated carbocycles. The van der Waals surface area contributed by atoms with E-state index >= 15 is 0 Å². The van der Waals surface area contributed by atoms with Crippen LogP contribution in [0.4, 0.5) is 0 Å². The molecular weight excluding hydrogens is 428 g/mol. The van der Waals surface area contributed by atoms with E-state index in [9.17, 15) is 13.2 Å². The Morgan fingerprint density at radius 1 is 1.13 bits per heavy atom. The number of rotatable bonds is 9. The molecule has 0 unspecified atom stereocenters. The number of benzene rings is 2. The molecule has 1 aromatic heterocycles. The fraction of sp³-hybridized carbons (Fsp3) is 0.190. The van der Waals surface area contributed by atoms with Crippen molar-refractivity contribution in [1.29, 1.82) is 0 Å². The molecule has 158 valence electrons. The van der Waals surface area contributed by atoms with Gasteiger partial charge in [-0.3, -0.25) is 4.79 Å². The number of hydrogen-bond acceptors (Lipinski definition) is 5. The van der Waals surface area contributed by atoms with Crippen LogP contribution in [0.5, 0.6) is 5.75 Å². The number of carbonyl (C=O) groups is 1. The van der Waals surface area contributed by atoms with Crippen molar-refractivity contribution in [2.24, 2.45) is 0 Å². The van der Waals surface area contributed by atoms with Gasteiger partial charge in [0.2, 0.25) is 15.9 Å². The minimum Gasteiger partial charge on any atom is -0.495 e. The van der Waals surface area contributed by atoms with Crippen LogP contribution in [0.2, 0.25) is 5.02 Å². The number of hydrogen-bond donors (Lipinski definition) is 2. The molecule has 1 atom stereocenters. The fourth-order valence-electron chi connectivity index (χ4n) is 2.86. The molecule has 2 N–H and O–H groups in total. The molecular formula is C21H21ClN2O5S. The van der Waals surface area contributed by atoms with Crippen molar-refractivity contribution in [3.05, 3.63) is 83.3 Å². The summed E-state index contributed by atoms with van der Waals surface area (Å²) in [6.07, 6.45) is 1.66. The summed E-state index contributed by atoms with van der Waals surface area (Å²) >= 11 is 5.98. The molecule has 1 amide bonds. The van der Waals surface area contributed by atoms with E-state index in [1.807, 2.05) is 30.3 Å². The monoisotopic (exact) mass is 448 g/mol. The molecule has 0 aliphatic rings. The first-order valence-electron chi connectivity index (χ1n) is 9.09. The second-order valence-corrected chi connectivity index (χ2v) is 8.57. The highest BCUT2D eigenvalue weighted by Crippen LogP contribution is 2.27. The van der Waals surface area contributed by atoms with Crippen LogP contribution in [0.15, 0.2) is 76.2 Å². The zero-order chi connectivity index (χ0) is 21.6. The van der Waals surface area contributed by atoms with Gasteiger partial charge in [-0.25, -0.2) is 8.42 Å². The lowest BCUT2D eigenvalue weighted by molar-refractivity contribution is -0.122. The van der Waals surface area contributed by atoms with E-state index in [4.69, 9.17) is 20.8 Å². The summed E-state index contributed by atoms with van der Waals surface area (Å²) in [7, 11) is -2.74. The maximum absolute atomic E-state index is 13.1. The van der Waals surface area contributed by atoms with Gasteiger partial charge in [0.1, 0.15) is 22.4 Å². The van der Waals surface area contributed by atoms with Gasteiger partial charge in [-0.1, -0.05) is 41.9 Å². The number of carbonyl (C=O) groups excluding carboxylic acids is 1. The molecule has 0 fully saturated rings. The topological polar surface area (TPSA) is 97.6 Å². The predicted octanol–water partition coefficient (Wildman–Crippen LogP) is 3.15. The second-order valence-electron chi connectivity index (χ2n) is 6.46. The van der Waals surface area contributed by atoms with Crippen molar-refractivity contribution in [3.8, 4) is 5.75 Å². The van der Waals surface area contributed by atoms with Gasteiger partial charge in [0, 0.05) is 5.02 Å². The van der Waals surface area contributed by atoms with E-state index in [0.717, 1.165) is 5.56 Å². The van der Waals surface area contributed by atoms with E-state index in [-0.39, 0.29) is 28.6 Å². The quantitative estimate of drug-likeness (QED) is 0.524. The van der Waals surface area contributed by atoms with Gasteiger partial charge < -0.3 is 14.5 Å². The lowest BCUT2D eigenvalue weighted by Gasteiger charge is -2.19. The molecule has 0 bridgehead atoms. The molecule has 9 heteroatoms. The number of methoxy groups -OCH3 is 1. The summed E-state index contributed by atoms with van der Waals surface area (Å²) in [4.78, 5) is 12.7. The Hall–Kier alpha value is -2.81. The van der Waals surface area contributed by atoms with Crippen molar-refractivity contribution in [2.45, 2.75) is 23.9 Å². The van der Waals surface area contributed by atoms with Crippen LogP contribution >= 0.6 is 11.6 Å². The third-order valence-electron chi connectivity index (χ3n) is 4.33. The summed E-state index contributed by atoms with van der Waals surface area (Å²) in [6, 6.07) is 15.8. The third-order valence-corrected chi connectivity index (χ3v) is 6.06. The highest BCUT2D eigenvalue weighted by atomic mass is 35.5. The normalized spacial score (nSPS) is 12.3. The largest absolute Gasteiger partial charge is 0.495 e. The van der Waals surface area contributed by atoms with Gasteiger partial charge in [-0.15, -0.1) is 0 Å². The number of halogens is 1. The van der Waals surface area contributed by atoms with Crippen molar-refractivity contribution in [1.82, 2.24) is 10.0 Å². The Labute approximate surface area is 180 Å². The van der Waals surface area contributed by atoms with Crippen LogP contribution in [0.25, 0.3) is 0 Å². The van der Waals surface area contributed by atoms with E-state index in [1.165, 1.54) is 31.6 Å². The average Bonchev–Trinajstić information content (AvgIpc) is 3.26. The second kappa shape index (κ2) is 9.80. The van der Waals surface area contributed by atoms with Crippen LogP contribution < -0.4 is 14.8 Å². The van der Waals surface area contributed by atoms with E-state index in [0.29, 0.717) is 5.76 Å². The number of sulfonamides is 1. The molecule has 0 spiro atoms. The molecule has 0 aliphatic carbocycles. The highest BCUT2D eigenvalue weighted by molar-refractivity contribution is 7.89. The maximum Gasteiger partial charge on any atom is 0.245 e. The van der Waals surface area contributed by atoms with Crippen LogP contribution in [0.1, 0.15) is 11.3 Å². The number of furan rings is 1. The van der Waals surface area contributed by atoms with Crippen molar-refractivity contribution >= 4 is 27.5 Å². The molecule has 0 radical (unpaired) electrons. The van der Waals surface area contributed by atoms with Crippen molar-refractivity contribution in [3.63, 3.8) is 0 Å². The summed E-state index contributed by atoms with van der Waals surface area (Å²) in [5.41, 5.74) is 0.802. The van der Waals surface area contributed by atoms with Crippen molar-refractivity contribution in [2.75, 3.05) is 7.11 Å². The van der Waals surface area contributed by atoms with E-state index in [2.05, 4.69) is 10.0 Å². The molecule has 30 heavy (non-hydrogen) atoms. The molecule has 0 aliphatic heterocycles. The maximum atomic E-state index is 13.1. The van der Waals surface area contributed by atoms with Gasteiger partial charge in [0.15, 0.2) is 0 Å². The lowest BCUT2D eigenvalue weighted by Crippen LogP contribution is -2.47. The van der Waals surface area contributed by atoms with Gasteiger partial charge in [0.05, 0.1) is 19.9 Å². The zero-order valence-corrected chi connectivity index (χ0v) is 17.7.